The lowest BCUT2D eigenvalue weighted by atomic mass is 10.0. The molecule has 1 atom stereocenters. The topological polar surface area (TPSA) is 32.3 Å². The minimum atomic E-state index is -0.246. The molecule has 130 valence electrons. The van der Waals surface area contributed by atoms with Gasteiger partial charge in [-0.25, -0.2) is 0 Å². The Morgan fingerprint density at radius 2 is 1.80 bits per heavy atom. The number of nitrogens with zero attached hydrogens (tertiary/aromatic N) is 1. The maximum Gasteiger partial charge on any atom is 0.247 e. The highest BCUT2D eigenvalue weighted by Crippen LogP contribution is 2.35. The quantitative estimate of drug-likeness (QED) is 0.910. The smallest absolute Gasteiger partial charge is 0.247 e. The Morgan fingerprint density at radius 1 is 1.08 bits per heavy atom. The zero-order valence-electron chi connectivity index (χ0n) is 14.9. The molecule has 0 aromatic heterocycles. The highest BCUT2D eigenvalue weighted by molar-refractivity contribution is 5.87. The normalized spacial score (nSPS) is 18.2. The van der Waals surface area contributed by atoms with E-state index in [-0.39, 0.29) is 11.9 Å². The van der Waals surface area contributed by atoms with Gasteiger partial charge in [-0.2, -0.15) is 0 Å². The monoisotopic (exact) mass is 334 g/mol. The standard InChI is InChI=1S/C22H26N2O/c1-16-10-12-18(13-11-16)21(22(25)23-19-7-3-4-8-19)24-15-14-17-6-2-5-9-20(17)24/h2,5-6,9-13,19,21H,3-4,7-8,14-15H2,1H3,(H,23,25)/t21-/m1/s1. The number of nitrogens with one attached hydrogen (secondary N) is 1. The number of carbonyl (C=O) groups is 1. The first kappa shape index (κ1) is 16.2. The number of hydrogen-bond acceptors (Lipinski definition) is 2. The first-order chi connectivity index (χ1) is 12.2. The van der Waals surface area contributed by atoms with Crippen LogP contribution < -0.4 is 10.2 Å². The van der Waals surface area contributed by atoms with Gasteiger partial charge in [-0.1, -0.05) is 60.9 Å². The van der Waals surface area contributed by atoms with Crippen molar-refractivity contribution in [1.82, 2.24) is 5.32 Å². The number of fused-ring (bicyclic) bond motifs is 1. The molecule has 4 rings (SSSR count). The molecule has 25 heavy (non-hydrogen) atoms. The molecule has 1 aliphatic carbocycles. The van der Waals surface area contributed by atoms with E-state index in [0.29, 0.717) is 6.04 Å². The minimum absolute atomic E-state index is 0.146. The molecule has 3 heteroatoms. The maximum absolute atomic E-state index is 13.2. The predicted octanol–water partition coefficient (Wildman–Crippen LogP) is 4.16. The largest absolute Gasteiger partial charge is 0.355 e. The van der Waals surface area contributed by atoms with Gasteiger partial charge in [-0.3, -0.25) is 4.79 Å². The fourth-order valence-electron chi connectivity index (χ4n) is 4.20. The van der Waals surface area contributed by atoms with Crippen LogP contribution in [0, 0.1) is 6.92 Å². The third-order valence-electron chi connectivity index (χ3n) is 5.58. The Kier molecular flexibility index (Phi) is 4.48. The summed E-state index contributed by atoms with van der Waals surface area (Å²) in [4.78, 5) is 15.5. The second kappa shape index (κ2) is 6.91. The van der Waals surface area contributed by atoms with Gasteiger partial charge < -0.3 is 10.2 Å². The fraction of sp³-hybridized carbons (Fsp3) is 0.409. The number of amides is 1. The van der Waals surface area contributed by atoms with E-state index in [4.69, 9.17) is 0 Å². The fourth-order valence-corrected chi connectivity index (χ4v) is 4.20. The Morgan fingerprint density at radius 3 is 2.56 bits per heavy atom. The van der Waals surface area contributed by atoms with Gasteiger partial charge in [0.2, 0.25) is 5.91 Å². The van der Waals surface area contributed by atoms with Crippen LogP contribution in [0.25, 0.3) is 0 Å². The second-order valence-corrected chi connectivity index (χ2v) is 7.38. The summed E-state index contributed by atoms with van der Waals surface area (Å²) in [7, 11) is 0. The number of rotatable bonds is 4. The van der Waals surface area contributed by atoms with Gasteiger partial charge in [-0.05, 0) is 43.4 Å². The number of para-hydroxylation sites is 1. The summed E-state index contributed by atoms with van der Waals surface area (Å²) in [6.45, 7) is 2.98. The van der Waals surface area contributed by atoms with Crippen LogP contribution in [0.3, 0.4) is 0 Å². The number of hydrogen-bond donors (Lipinski definition) is 1. The Bertz CT molecular complexity index is 747. The van der Waals surface area contributed by atoms with Crippen molar-refractivity contribution >= 4 is 11.6 Å². The van der Waals surface area contributed by atoms with Crippen LogP contribution in [0.15, 0.2) is 48.5 Å². The van der Waals surface area contributed by atoms with E-state index in [1.54, 1.807) is 0 Å². The lowest BCUT2D eigenvalue weighted by Gasteiger charge is -2.31. The van der Waals surface area contributed by atoms with Crippen molar-refractivity contribution in [2.24, 2.45) is 0 Å². The van der Waals surface area contributed by atoms with Crippen LogP contribution in [0.4, 0.5) is 5.69 Å². The lowest BCUT2D eigenvalue weighted by molar-refractivity contribution is -0.123. The molecule has 1 N–H and O–H groups in total. The summed E-state index contributed by atoms with van der Waals surface area (Å²) in [6.07, 6.45) is 5.69. The molecule has 0 unspecified atom stereocenters. The number of anilines is 1. The molecule has 1 amide bonds. The average Bonchev–Trinajstić information content (AvgIpc) is 3.27. The number of benzene rings is 2. The van der Waals surface area contributed by atoms with Gasteiger partial charge in [0.15, 0.2) is 0 Å². The van der Waals surface area contributed by atoms with E-state index < -0.39 is 0 Å². The molecule has 2 aromatic carbocycles. The highest BCUT2D eigenvalue weighted by atomic mass is 16.2. The van der Waals surface area contributed by atoms with E-state index in [2.05, 4.69) is 65.7 Å². The van der Waals surface area contributed by atoms with Gasteiger partial charge in [0.1, 0.15) is 6.04 Å². The minimum Gasteiger partial charge on any atom is -0.355 e. The molecule has 0 spiro atoms. The van der Waals surface area contributed by atoms with Crippen molar-refractivity contribution in [3.63, 3.8) is 0 Å². The van der Waals surface area contributed by atoms with Crippen LogP contribution in [0.1, 0.15) is 48.4 Å². The van der Waals surface area contributed by atoms with Gasteiger partial charge >= 0.3 is 0 Å². The molecular weight excluding hydrogens is 308 g/mol. The molecule has 1 saturated carbocycles. The molecule has 2 aliphatic rings. The van der Waals surface area contributed by atoms with Gasteiger partial charge in [0, 0.05) is 18.3 Å². The van der Waals surface area contributed by atoms with Crippen molar-refractivity contribution in [2.45, 2.75) is 51.1 Å². The van der Waals surface area contributed by atoms with Crippen molar-refractivity contribution < 1.29 is 4.79 Å². The summed E-state index contributed by atoms with van der Waals surface area (Å²) in [5.74, 6) is 0.146. The van der Waals surface area contributed by atoms with Crippen molar-refractivity contribution in [3.8, 4) is 0 Å². The van der Waals surface area contributed by atoms with E-state index >= 15 is 0 Å². The van der Waals surface area contributed by atoms with Crippen LogP contribution >= 0.6 is 0 Å². The van der Waals surface area contributed by atoms with Crippen LogP contribution in [-0.4, -0.2) is 18.5 Å². The molecular formula is C22H26N2O. The summed E-state index contributed by atoms with van der Waals surface area (Å²) in [6, 6.07) is 17.0. The van der Waals surface area contributed by atoms with Crippen molar-refractivity contribution in [1.29, 1.82) is 0 Å². The van der Waals surface area contributed by atoms with Crippen LogP contribution in [0.2, 0.25) is 0 Å². The maximum atomic E-state index is 13.2. The summed E-state index contributed by atoms with van der Waals surface area (Å²) >= 11 is 0. The average molecular weight is 334 g/mol. The molecule has 0 radical (unpaired) electrons. The van der Waals surface area contributed by atoms with E-state index in [0.717, 1.165) is 31.4 Å². The number of aryl methyl sites for hydroxylation is 1. The van der Waals surface area contributed by atoms with Crippen molar-refractivity contribution in [2.75, 3.05) is 11.4 Å². The summed E-state index contributed by atoms with van der Waals surface area (Å²) in [5, 5.41) is 3.32. The Labute approximate surface area is 150 Å². The number of carbonyl (C=O) groups excluding carboxylic acids is 1. The Hall–Kier alpha value is -2.29. The third kappa shape index (κ3) is 3.28. The molecule has 0 saturated heterocycles. The van der Waals surface area contributed by atoms with E-state index in [9.17, 15) is 4.79 Å². The molecule has 1 fully saturated rings. The zero-order chi connectivity index (χ0) is 17.2. The molecule has 1 aliphatic heterocycles. The van der Waals surface area contributed by atoms with E-state index in [1.807, 2.05) is 0 Å². The molecule has 0 bridgehead atoms. The summed E-state index contributed by atoms with van der Waals surface area (Å²) in [5.41, 5.74) is 4.85. The molecule has 1 heterocycles. The SMILES string of the molecule is Cc1ccc([C@H](C(=O)NC2CCCC2)N2CCc3ccccc32)cc1. The van der Waals surface area contributed by atoms with Gasteiger partial charge in [0.25, 0.3) is 0 Å². The van der Waals surface area contributed by atoms with Crippen molar-refractivity contribution in [3.05, 3.63) is 65.2 Å². The predicted molar refractivity (Wildman–Crippen MR) is 102 cm³/mol. The molecule has 3 nitrogen and oxygen atoms in total. The van der Waals surface area contributed by atoms with Gasteiger partial charge in [0.05, 0.1) is 0 Å². The lowest BCUT2D eigenvalue weighted by Crippen LogP contribution is -2.43. The molecule has 2 aromatic rings. The second-order valence-electron chi connectivity index (χ2n) is 7.38. The van der Waals surface area contributed by atoms with Crippen LogP contribution in [-0.2, 0) is 11.2 Å². The van der Waals surface area contributed by atoms with Crippen LogP contribution in [0.5, 0.6) is 0 Å². The van der Waals surface area contributed by atoms with Gasteiger partial charge in [-0.15, -0.1) is 0 Å². The summed E-state index contributed by atoms with van der Waals surface area (Å²) < 4.78 is 0. The third-order valence-corrected chi connectivity index (χ3v) is 5.58. The first-order valence-corrected chi connectivity index (χ1v) is 9.44. The van der Waals surface area contributed by atoms with E-state index in [1.165, 1.54) is 29.7 Å². The zero-order valence-corrected chi connectivity index (χ0v) is 14.9. The highest BCUT2D eigenvalue weighted by Gasteiger charge is 2.33. The first-order valence-electron chi connectivity index (χ1n) is 9.44. The Balaban J connectivity index is 1.66.